The van der Waals surface area contributed by atoms with Crippen molar-refractivity contribution in [1.82, 2.24) is 10.2 Å². The largest absolute Gasteiger partial charge is 0.488 e. The molecule has 0 aliphatic carbocycles. The van der Waals surface area contributed by atoms with Gasteiger partial charge in [-0.1, -0.05) is 23.2 Å². The van der Waals surface area contributed by atoms with Gasteiger partial charge in [0, 0.05) is 13.2 Å². The molecule has 1 heterocycles. The molecule has 0 amide bonds. The quantitative estimate of drug-likeness (QED) is 0.615. The summed E-state index contributed by atoms with van der Waals surface area (Å²) in [6, 6.07) is 1.50. The number of nitrogens with zero attached hydrogens (tertiary/aromatic N) is 2. The molecule has 0 bridgehead atoms. The van der Waals surface area contributed by atoms with E-state index in [2.05, 4.69) is 10.2 Å². The molecule has 0 fully saturated rings. The van der Waals surface area contributed by atoms with Gasteiger partial charge in [0.1, 0.15) is 6.61 Å². The molecule has 1 aromatic heterocycles. The number of halogens is 2. The Balaban J connectivity index is 2.03. The molecule has 1 rings (SSSR count). The molecule has 8 heteroatoms. The standard InChI is InChI=1S/C11H16Cl2N2O4/c1-16-2-3-17-4-5-18-6-7-19-9-8-10(12)14-15-11(9)13/h8H,2-7H2,1H3. The minimum Gasteiger partial charge on any atom is -0.488 e. The third-order valence-corrected chi connectivity index (χ3v) is 2.42. The average molecular weight is 311 g/mol. The SMILES string of the molecule is COCCOCCOCCOc1cc(Cl)nnc1Cl. The van der Waals surface area contributed by atoms with E-state index in [0.717, 1.165) is 0 Å². The second-order valence-electron chi connectivity index (χ2n) is 3.39. The zero-order valence-electron chi connectivity index (χ0n) is 10.6. The van der Waals surface area contributed by atoms with Gasteiger partial charge in [-0.3, -0.25) is 0 Å². The fourth-order valence-corrected chi connectivity index (χ4v) is 1.40. The van der Waals surface area contributed by atoms with Crippen LogP contribution in [0.1, 0.15) is 0 Å². The fourth-order valence-electron chi connectivity index (χ4n) is 1.11. The van der Waals surface area contributed by atoms with Crippen molar-refractivity contribution in [2.75, 3.05) is 46.8 Å². The Labute approximate surface area is 121 Å². The van der Waals surface area contributed by atoms with Crippen molar-refractivity contribution in [1.29, 1.82) is 0 Å². The molecule has 0 unspecified atom stereocenters. The third kappa shape index (κ3) is 7.49. The minimum atomic E-state index is 0.173. The molecule has 0 saturated heterocycles. The Morgan fingerprint density at radius 1 is 0.947 bits per heavy atom. The highest BCUT2D eigenvalue weighted by Gasteiger charge is 2.04. The first kappa shape index (κ1) is 16.4. The number of hydrogen-bond acceptors (Lipinski definition) is 6. The maximum Gasteiger partial charge on any atom is 0.193 e. The molecule has 1 aromatic rings. The number of rotatable bonds is 10. The molecule has 108 valence electrons. The number of aromatic nitrogens is 2. The summed E-state index contributed by atoms with van der Waals surface area (Å²) >= 11 is 11.4. The summed E-state index contributed by atoms with van der Waals surface area (Å²) in [5.74, 6) is 0.390. The van der Waals surface area contributed by atoms with Gasteiger partial charge >= 0.3 is 0 Å². The van der Waals surface area contributed by atoms with E-state index in [1.54, 1.807) is 7.11 Å². The number of methoxy groups -OCH3 is 1. The molecule has 0 aliphatic rings. The van der Waals surface area contributed by atoms with E-state index in [4.69, 9.17) is 42.1 Å². The normalized spacial score (nSPS) is 10.7. The second-order valence-corrected chi connectivity index (χ2v) is 4.13. The summed E-state index contributed by atoms with van der Waals surface area (Å²) < 4.78 is 20.7. The number of hydrogen-bond donors (Lipinski definition) is 0. The summed E-state index contributed by atoms with van der Waals surface area (Å²) in [6.07, 6.45) is 0. The second kappa shape index (κ2) is 10.2. The summed E-state index contributed by atoms with van der Waals surface area (Å²) in [7, 11) is 1.63. The van der Waals surface area contributed by atoms with Crippen molar-refractivity contribution < 1.29 is 18.9 Å². The predicted molar refractivity (Wildman–Crippen MR) is 71.1 cm³/mol. The van der Waals surface area contributed by atoms with Crippen LogP contribution in [0, 0.1) is 0 Å². The van der Waals surface area contributed by atoms with Crippen molar-refractivity contribution in [3.05, 3.63) is 16.4 Å². The van der Waals surface area contributed by atoms with Crippen LogP contribution in [0.15, 0.2) is 6.07 Å². The van der Waals surface area contributed by atoms with E-state index >= 15 is 0 Å². The van der Waals surface area contributed by atoms with E-state index in [9.17, 15) is 0 Å². The average Bonchev–Trinajstić information content (AvgIpc) is 2.40. The van der Waals surface area contributed by atoms with Gasteiger partial charge in [0.2, 0.25) is 0 Å². The van der Waals surface area contributed by atoms with Gasteiger partial charge in [0.15, 0.2) is 16.1 Å². The molecular formula is C11H16Cl2N2O4. The Hall–Kier alpha value is -0.660. The first-order valence-electron chi connectivity index (χ1n) is 5.70. The summed E-state index contributed by atoms with van der Waals surface area (Å²) in [5, 5.41) is 7.60. The van der Waals surface area contributed by atoms with Gasteiger partial charge < -0.3 is 18.9 Å². The fraction of sp³-hybridized carbons (Fsp3) is 0.636. The van der Waals surface area contributed by atoms with Crippen LogP contribution in [0.25, 0.3) is 0 Å². The Kier molecular flexibility index (Phi) is 8.77. The highest BCUT2D eigenvalue weighted by atomic mass is 35.5. The lowest BCUT2D eigenvalue weighted by atomic mass is 10.5. The van der Waals surface area contributed by atoms with Crippen molar-refractivity contribution >= 4 is 23.2 Å². The first-order chi connectivity index (χ1) is 9.24. The lowest BCUT2D eigenvalue weighted by molar-refractivity contribution is 0.0179. The van der Waals surface area contributed by atoms with Gasteiger partial charge in [-0.2, -0.15) is 0 Å². The zero-order chi connectivity index (χ0) is 13.9. The topological polar surface area (TPSA) is 62.7 Å². The van der Waals surface area contributed by atoms with Gasteiger partial charge in [-0.25, -0.2) is 0 Å². The molecule has 6 nitrogen and oxygen atoms in total. The van der Waals surface area contributed by atoms with Gasteiger partial charge in [0.25, 0.3) is 0 Å². The Bertz CT molecular complexity index is 369. The summed E-state index contributed by atoms with van der Waals surface area (Å²) in [5.41, 5.74) is 0. The van der Waals surface area contributed by atoms with Crippen molar-refractivity contribution in [2.45, 2.75) is 0 Å². The maximum absolute atomic E-state index is 5.78. The Morgan fingerprint density at radius 2 is 1.58 bits per heavy atom. The number of ether oxygens (including phenoxy) is 4. The lowest BCUT2D eigenvalue weighted by Gasteiger charge is -2.08. The van der Waals surface area contributed by atoms with E-state index < -0.39 is 0 Å². The molecule has 0 aromatic carbocycles. The van der Waals surface area contributed by atoms with Crippen LogP contribution in [-0.2, 0) is 14.2 Å². The monoisotopic (exact) mass is 310 g/mol. The van der Waals surface area contributed by atoms with E-state index in [1.165, 1.54) is 6.07 Å². The molecule has 19 heavy (non-hydrogen) atoms. The molecular weight excluding hydrogens is 295 g/mol. The van der Waals surface area contributed by atoms with E-state index in [-0.39, 0.29) is 10.3 Å². The van der Waals surface area contributed by atoms with Gasteiger partial charge in [-0.05, 0) is 0 Å². The van der Waals surface area contributed by atoms with Crippen LogP contribution in [0.5, 0.6) is 5.75 Å². The molecule has 0 spiro atoms. The van der Waals surface area contributed by atoms with Crippen LogP contribution in [0.4, 0.5) is 0 Å². The first-order valence-corrected chi connectivity index (χ1v) is 6.45. The Morgan fingerprint density at radius 3 is 2.26 bits per heavy atom. The van der Waals surface area contributed by atoms with E-state index in [0.29, 0.717) is 45.4 Å². The summed E-state index contributed by atoms with van der Waals surface area (Å²) in [4.78, 5) is 0. The molecule has 0 aliphatic heterocycles. The van der Waals surface area contributed by atoms with Crippen molar-refractivity contribution in [2.24, 2.45) is 0 Å². The van der Waals surface area contributed by atoms with Crippen LogP contribution in [-0.4, -0.2) is 56.9 Å². The smallest absolute Gasteiger partial charge is 0.193 e. The summed E-state index contributed by atoms with van der Waals surface area (Å²) in [6.45, 7) is 2.93. The molecule has 0 N–H and O–H groups in total. The predicted octanol–water partition coefficient (Wildman–Crippen LogP) is 1.84. The van der Waals surface area contributed by atoms with Crippen molar-refractivity contribution in [3.63, 3.8) is 0 Å². The van der Waals surface area contributed by atoms with E-state index in [1.807, 2.05) is 0 Å². The van der Waals surface area contributed by atoms with Crippen LogP contribution >= 0.6 is 23.2 Å². The van der Waals surface area contributed by atoms with Crippen LogP contribution in [0.3, 0.4) is 0 Å². The van der Waals surface area contributed by atoms with Crippen molar-refractivity contribution in [3.8, 4) is 5.75 Å². The molecule has 0 radical (unpaired) electrons. The molecule has 0 saturated carbocycles. The highest BCUT2D eigenvalue weighted by molar-refractivity contribution is 6.32. The zero-order valence-corrected chi connectivity index (χ0v) is 12.1. The minimum absolute atomic E-state index is 0.173. The maximum atomic E-state index is 5.78. The van der Waals surface area contributed by atoms with Gasteiger partial charge in [-0.15, -0.1) is 10.2 Å². The van der Waals surface area contributed by atoms with Crippen LogP contribution in [0.2, 0.25) is 10.3 Å². The molecule has 0 atom stereocenters. The van der Waals surface area contributed by atoms with Crippen LogP contribution < -0.4 is 4.74 Å². The van der Waals surface area contributed by atoms with Gasteiger partial charge in [0.05, 0.1) is 33.0 Å². The lowest BCUT2D eigenvalue weighted by Crippen LogP contribution is -2.12. The highest BCUT2D eigenvalue weighted by Crippen LogP contribution is 2.23. The third-order valence-electron chi connectivity index (χ3n) is 1.98.